The van der Waals surface area contributed by atoms with Crippen molar-refractivity contribution in [2.24, 2.45) is 0 Å². The number of nitrogens with zero attached hydrogens (tertiary/aromatic N) is 4. The number of hydrogen-bond donors (Lipinski definition) is 2. The smallest absolute Gasteiger partial charge is 0.275 e. The molecule has 2 aromatic carbocycles. The van der Waals surface area contributed by atoms with Gasteiger partial charge in [-0.25, -0.2) is 42.5 Å². The van der Waals surface area contributed by atoms with Crippen LogP contribution in [0.1, 0.15) is 66.8 Å². The molecule has 1 amide bonds. The Morgan fingerprint density at radius 3 is 2.48 bits per heavy atom. The lowest BCUT2D eigenvalue weighted by Gasteiger charge is -2.30. The molecule has 17 heteroatoms. The lowest BCUT2D eigenvalue weighted by molar-refractivity contribution is -0.186. The number of benzene rings is 2. The third kappa shape index (κ3) is 8.80. The summed E-state index contributed by atoms with van der Waals surface area (Å²) in [6.07, 6.45) is 6.58. The van der Waals surface area contributed by atoms with Gasteiger partial charge in [0.15, 0.2) is 6.29 Å². The zero-order valence-electron chi connectivity index (χ0n) is 30.0. The van der Waals surface area contributed by atoms with E-state index < -0.39 is 33.9 Å². The fraction of sp³-hybridized carbons (Fsp3) is 0.459. The molecule has 1 unspecified atom stereocenters. The third-order valence-corrected chi connectivity index (χ3v) is 10.3. The molecule has 0 bridgehead atoms. The first kappa shape index (κ1) is 37.6. The number of hydrogen-bond acceptors (Lipinski definition) is 12. The second-order valence-electron chi connectivity index (χ2n) is 13.6. The van der Waals surface area contributed by atoms with Crippen LogP contribution in [-0.2, 0) is 24.3 Å². The normalized spacial score (nSPS) is 20.7. The Labute approximate surface area is 311 Å². The van der Waals surface area contributed by atoms with E-state index >= 15 is 8.78 Å². The number of morpholine rings is 1. The van der Waals surface area contributed by atoms with E-state index in [9.17, 15) is 13.2 Å². The number of anilines is 2. The van der Waals surface area contributed by atoms with Crippen molar-refractivity contribution in [3.05, 3.63) is 65.4 Å². The topological polar surface area (TPSA) is 163 Å². The summed E-state index contributed by atoms with van der Waals surface area (Å²) < 4.78 is 80.3. The summed E-state index contributed by atoms with van der Waals surface area (Å²) in [7, 11) is -2.32. The molecular formula is C37H42F2N6O8S. The minimum Gasteiger partial charge on any atom is -0.488 e. The van der Waals surface area contributed by atoms with Gasteiger partial charge < -0.3 is 23.8 Å². The molecule has 3 aliphatic rings. The fourth-order valence-electron chi connectivity index (χ4n) is 7.04. The summed E-state index contributed by atoms with van der Waals surface area (Å²) in [4.78, 5) is 33.9. The number of nitrogens with one attached hydrogen (secondary N) is 2. The van der Waals surface area contributed by atoms with E-state index in [0.29, 0.717) is 98.7 Å². The van der Waals surface area contributed by atoms with E-state index in [0.717, 1.165) is 19.1 Å². The number of pyridine rings is 1. The average molecular weight is 769 g/mol. The van der Waals surface area contributed by atoms with Crippen molar-refractivity contribution < 1.29 is 45.8 Å². The van der Waals surface area contributed by atoms with Crippen molar-refractivity contribution in [2.75, 3.05) is 55.9 Å². The van der Waals surface area contributed by atoms with E-state index in [1.54, 1.807) is 12.1 Å². The van der Waals surface area contributed by atoms with Crippen LogP contribution >= 0.6 is 0 Å². The van der Waals surface area contributed by atoms with Gasteiger partial charge in [-0.1, -0.05) is 6.07 Å². The molecule has 4 aromatic rings. The summed E-state index contributed by atoms with van der Waals surface area (Å²) >= 11 is 0. The summed E-state index contributed by atoms with van der Waals surface area (Å²) in [5.41, 5.74) is 4.22. The number of aromatic nitrogens is 3. The van der Waals surface area contributed by atoms with Gasteiger partial charge >= 0.3 is 0 Å². The summed E-state index contributed by atoms with van der Waals surface area (Å²) in [5, 5.41) is 0.343. The van der Waals surface area contributed by atoms with Gasteiger partial charge in [0.05, 0.1) is 38.4 Å². The molecule has 1 aliphatic carbocycles. The number of carbonyl (C=O) groups is 1. The molecule has 7 rings (SSSR count). The highest BCUT2D eigenvalue weighted by atomic mass is 32.2. The molecule has 1 saturated carbocycles. The Morgan fingerprint density at radius 2 is 1.78 bits per heavy atom. The third-order valence-electron chi connectivity index (χ3n) is 9.72. The lowest BCUT2D eigenvalue weighted by Crippen LogP contribution is -2.37. The molecule has 1 atom stereocenters. The van der Waals surface area contributed by atoms with Gasteiger partial charge in [0, 0.05) is 54.9 Å². The number of methoxy groups -OCH3 is 1. The summed E-state index contributed by atoms with van der Waals surface area (Å²) in [6.45, 7) is 2.57. The zero-order chi connectivity index (χ0) is 37.8. The van der Waals surface area contributed by atoms with Crippen molar-refractivity contribution in [2.45, 2.75) is 63.3 Å². The van der Waals surface area contributed by atoms with Gasteiger partial charge in [0.2, 0.25) is 21.9 Å². The Bertz CT molecular complexity index is 2110. The quantitative estimate of drug-likeness (QED) is 0.185. The van der Waals surface area contributed by atoms with Gasteiger partial charge in [0.25, 0.3) is 5.91 Å². The maximum absolute atomic E-state index is 15.4. The maximum Gasteiger partial charge on any atom is 0.275 e. The first-order valence-electron chi connectivity index (χ1n) is 17.9. The van der Waals surface area contributed by atoms with Crippen LogP contribution in [0.2, 0.25) is 0 Å². The SMILES string of the molecule is COc1ncc(-c2nc(N3CCOCC3)nc3c(OC4CCC(c5ccc(C(=O)NOC6CCCCO6)cc5F)CC4)cc(F)cc23)cc1NS(C)(=O)=O. The minimum absolute atomic E-state index is 0.0538. The number of hydroxylamine groups is 1. The van der Waals surface area contributed by atoms with Crippen LogP contribution in [0, 0.1) is 11.6 Å². The molecule has 4 heterocycles. The molecule has 288 valence electrons. The van der Waals surface area contributed by atoms with Crippen molar-refractivity contribution >= 4 is 38.5 Å². The van der Waals surface area contributed by atoms with Crippen molar-refractivity contribution in [3.63, 3.8) is 0 Å². The van der Waals surface area contributed by atoms with Crippen LogP contribution in [0.25, 0.3) is 22.2 Å². The van der Waals surface area contributed by atoms with Crippen LogP contribution < -0.4 is 24.6 Å². The highest BCUT2D eigenvalue weighted by Crippen LogP contribution is 2.40. The highest BCUT2D eigenvalue weighted by Gasteiger charge is 2.28. The van der Waals surface area contributed by atoms with E-state index in [-0.39, 0.29) is 34.9 Å². The van der Waals surface area contributed by atoms with Crippen LogP contribution in [-0.4, -0.2) is 87.9 Å². The average Bonchev–Trinajstić information content (AvgIpc) is 3.17. The van der Waals surface area contributed by atoms with Crippen molar-refractivity contribution in [1.82, 2.24) is 20.4 Å². The molecule has 2 aromatic heterocycles. The van der Waals surface area contributed by atoms with Crippen LogP contribution in [0.4, 0.5) is 20.4 Å². The molecular weight excluding hydrogens is 727 g/mol. The largest absolute Gasteiger partial charge is 0.488 e. The zero-order valence-corrected chi connectivity index (χ0v) is 30.8. The summed E-state index contributed by atoms with van der Waals surface area (Å²) in [5.74, 6) is -1.04. The van der Waals surface area contributed by atoms with Gasteiger partial charge in [-0.2, -0.15) is 0 Å². The van der Waals surface area contributed by atoms with E-state index in [1.165, 1.54) is 37.6 Å². The highest BCUT2D eigenvalue weighted by molar-refractivity contribution is 7.92. The van der Waals surface area contributed by atoms with Crippen LogP contribution in [0.3, 0.4) is 0 Å². The number of sulfonamides is 1. The molecule has 2 N–H and O–H groups in total. The first-order chi connectivity index (χ1) is 26.0. The molecule has 2 aliphatic heterocycles. The predicted octanol–water partition coefficient (Wildman–Crippen LogP) is 5.48. The fourth-order valence-corrected chi connectivity index (χ4v) is 7.59. The number of rotatable bonds is 11. The van der Waals surface area contributed by atoms with E-state index in [1.807, 2.05) is 4.90 Å². The number of ether oxygens (including phenoxy) is 4. The molecule has 3 fully saturated rings. The monoisotopic (exact) mass is 768 g/mol. The summed E-state index contributed by atoms with van der Waals surface area (Å²) in [6, 6.07) is 8.59. The van der Waals surface area contributed by atoms with Crippen LogP contribution in [0.5, 0.6) is 11.6 Å². The number of carbonyl (C=O) groups excluding carboxylic acids is 1. The Kier molecular flexibility index (Phi) is 11.4. The number of amides is 1. The van der Waals surface area contributed by atoms with Crippen LogP contribution in [0.15, 0.2) is 42.6 Å². The van der Waals surface area contributed by atoms with Gasteiger partial charge in [-0.15, -0.1) is 0 Å². The van der Waals surface area contributed by atoms with Gasteiger partial charge in [-0.3, -0.25) is 9.52 Å². The minimum atomic E-state index is -3.69. The van der Waals surface area contributed by atoms with Crippen molar-refractivity contribution in [3.8, 4) is 22.9 Å². The second kappa shape index (κ2) is 16.3. The van der Waals surface area contributed by atoms with Crippen molar-refractivity contribution in [1.29, 1.82) is 0 Å². The molecule has 0 radical (unpaired) electrons. The maximum atomic E-state index is 15.4. The number of halogens is 2. The van der Waals surface area contributed by atoms with Gasteiger partial charge in [-0.05, 0) is 74.3 Å². The number of fused-ring (bicyclic) bond motifs is 1. The Hall–Kier alpha value is -4.71. The first-order valence-corrected chi connectivity index (χ1v) is 19.8. The molecule has 54 heavy (non-hydrogen) atoms. The van der Waals surface area contributed by atoms with E-state index in [4.69, 9.17) is 33.8 Å². The Morgan fingerprint density at radius 1 is 0.981 bits per heavy atom. The lowest BCUT2D eigenvalue weighted by atomic mass is 9.82. The predicted molar refractivity (Wildman–Crippen MR) is 195 cm³/mol. The van der Waals surface area contributed by atoms with E-state index in [2.05, 4.69) is 15.2 Å². The molecule has 14 nitrogen and oxygen atoms in total. The Balaban J connectivity index is 1.11. The molecule has 2 saturated heterocycles. The standard InChI is InChI=1S/C37H42F2N6O8S/c1-49-36-30(44-54(2,47)48)18-24(21-40-36)33-28-19-25(38)20-31(34(28)42-37(41-33)45-12-15-50-16-13-45)52-26-9-6-22(7-10-26)27-11-8-23(17-29(27)39)35(46)43-53-32-5-3-4-14-51-32/h8,11,17-22,26,32,44H,3-7,9-10,12-16H2,1-2H3,(H,43,46). The second-order valence-corrected chi connectivity index (χ2v) is 15.3. The van der Waals surface area contributed by atoms with Gasteiger partial charge in [0.1, 0.15) is 28.6 Å². The molecule has 0 spiro atoms.